The number of carbonyl (C=O) groups is 2. The van der Waals surface area contributed by atoms with E-state index in [1.54, 1.807) is 19.2 Å². The molecule has 38 heavy (non-hydrogen) atoms. The Morgan fingerprint density at radius 3 is 2.24 bits per heavy atom. The van der Waals surface area contributed by atoms with Gasteiger partial charge in [-0.3, -0.25) is 9.59 Å². The van der Waals surface area contributed by atoms with Gasteiger partial charge < -0.3 is 29.2 Å². The molecule has 3 rings (SSSR count). The third-order valence-corrected chi connectivity index (χ3v) is 5.48. The van der Waals surface area contributed by atoms with E-state index in [1.807, 2.05) is 6.07 Å². The Labute approximate surface area is 217 Å². The molecule has 0 atom stereocenters. The largest absolute Gasteiger partial charge is 0.493 e. The summed E-state index contributed by atoms with van der Waals surface area (Å²) in [7, 11) is 6.06. The number of hydrogen-bond acceptors (Lipinski definition) is 6. The highest BCUT2D eigenvalue weighted by Gasteiger charge is 2.30. The van der Waals surface area contributed by atoms with Gasteiger partial charge in [0.05, 0.1) is 26.9 Å². The van der Waals surface area contributed by atoms with Gasteiger partial charge in [-0.2, -0.15) is 13.2 Å². The Hall–Kier alpha value is -4.41. The van der Waals surface area contributed by atoms with Gasteiger partial charge in [0.1, 0.15) is 0 Å². The molecular weight excluding hydrogens is 505 g/mol. The van der Waals surface area contributed by atoms with Gasteiger partial charge in [0.15, 0.2) is 29.6 Å². The van der Waals surface area contributed by atoms with Crippen molar-refractivity contribution in [3.05, 3.63) is 77.4 Å². The first-order valence-electron chi connectivity index (χ1n) is 11.3. The van der Waals surface area contributed by atoms with Crippen molar-refractivity contribution in [3.63, 3.8) is 0 Å². The lowest BCUT2D eigenvalue weighted by Crippen LogP contribution is -2.26. The quantitative estimate of drug-likeness (QED) is 0.395. The zero-order valence-electron chi connectivity index (χ0n) is 21.2. The Bertz CT molecular complexity index is 1300. The summed E-state index contributed by atoms with van der Waals surface area (Å²) in [6, 6.07) is 14.1. The first-order chi connectivity index (χ1) is 18.1. The van der Waals surface area contributed by atoms with E-state index in [0.29, 0.717) is 17.1 Å². The van der Waals surface area contributed by atoms with Crippen LogP contribution in [0.3, 0.4) is 0 Å². The lowest BCUT2D eigenvalue weighted by molar-refractivity contribution is -0.137. The fourth-order valence-corrected chi connectivity index (χ4v) is 3.66. The van der Waals surface area contributed by atoms with Crippen LogP contribution in [-0.4, -0.2) is 51.7 Å². The van der Waals surface area contributed by atoms with Crippen LogP contribution in [0, 0.1) is 0 Å². The molecule has 3 aromatic rings. The van der Waals surface area contributed by atoms with E-state index in [1.165, 1.54) is 56.6 Å². The summed E-state index contributed by atoms with van der Waals surface area (Å²) in [6.07, 6.45) is -4.53. The average Bonchev–Trinajstić information content (AvgIpc) is 2.90. The van der Waals surface area contributed by atoms with Crippen LogP contribution in [0.2, 0.25) is 0 Å². The van der Waals surface area contributed by atoms with Crippen LogP contribution in [-0.2, 0) is 17.5 Å². The summed E-state index contributed by atoms with van der Waals surface area (Å²) in [5.41, 5.74) is 0.165. The minimum absolute atomic E-state index is 0.0166. The monoisotopic (exact) mass is 532 g/mol. The number of alkyl halides is 3. The normalized spacial score (nSPS) is 10.9. The summed E-state index contributed by atoms with van der Waals surface area (Å²) in [6.45, 7) is -0.245. The van der Waals surface area contributed by atoms with Crippen LogP contribution >= 0.6 is 0 Å². The highest BCUT2D eigenvalue weighted by atomic mass is 19.4. The molecular formula is C27H27F3N2O6. The van der Waals surface area contributed by atoms with Crippen LogP contribution in [0.4, 0.5) is 18.9 Å². The molecule has 0 spiro atoms. The van der Waals surface area contributed by atoms with Gasteiger partial charge in [-0.25, -0.2) is 0 Å². The summed E-state index contributed by atoms with van der Waals surface area (Å²) in [5, 5.41) is 2.36. The first kappa shape index (κ1) is 28.2. The van der Waals surface area contributed by atoms with E-state index in [-0.39, 0.29) is 29.6 Å². The molecule has 0 fully saturated rings. The molecule has 0 saturated carbocycles. The summed E-state index contributed by atoms with van der Waals surface area (Å²) < 4.78 is 60.2. The number of rotatable bonds is 10. The number of anilines is 1. The molecule has 0 unspecified atom stereocenters. The summed E-state index contributed by atoms with van der Waals surface area (Å²) >= 11 is 0. The van der Waals surface area contributed by atoms with Crippen LogP contribution in [0.15, 0.2) is 60.7 Å². The van der Waals surface area contributed by atoms with Gasteiger partial charge in [0.25, 0.3) is 11.8 Å². The molecule has 2 amide bonds. The Morgan fingerprint density at radius 1 is 0.868 bits per heavy atom. The van der Waals surface area contributed by atoms with Crippen LogP contribution in [0.5, 0.6) is 23.0 Å². The lowest BCUT2D eigenvalue weighted by Gasteiger charge is -2.20. The van der Waals surface area contributed by atoms with E-state index >= 15 is 0 Å². The predicted octanol–water partition coefficient (Wildman–Crippen LogP) is 5.02. The van der Waals surface area contributed by atoms with Crippen molar-refractivity contribution in [2.45, 2.75) is 12.7 Å². The molecule has 11 heteroatoms. The maximum absolute atomic E-state index is 13.1. The van der Waals surface area contributed by atoms with Gasteiger partial charge in [0.2, 0.25) is 0 Å². The van der Waals surface area contributed by atoms with Crippen molar-refractivity contribution < 1.29 is 41.7 Å². The van der Waals surface area contributed by atoms with Crippen molar-refractivity contribution >= 4 is 17.5 Å². The van der Waals surface area contributed by atoms with Crippen molar-refractivity contribution in [2.24, 2.45) is 0 Å². The van der Waals surface area contributed by atoms with Crippen molar-refractivity contribution in [3.8, 4) is 23.0 Å². The Kier molecular flexibility index (Phi) is 9.06. The third-order valence-electron chi connectivity index (χ3n) is 5.48. The topological polar surface area (TPSA) is 86.3 Å². The van der Waals surface area contributed by atoms with Crippen LogP contribution < -0.4 is 24.3 Å². The SMILES string of the molecule is COc1cc(C(=O)N(C)Cc2cccc(OC)c2OC)ccc1OCC(=O)Nc1cccc(C(F)(F)F)c1. The number of halogens is 3. The first-order valence-corrected chi connectivity index (χ1v) is 11.3. The third kappa shape index (κ3) is 6.87. The molecule has 202 valence electrons. The number of para-hydroxylation sites is 1. The van der Waals surface area contributed by atoms with Gasteiger partial charge in [0, 0.05) is 30.4 Å². The Balaban J connectivity index is 1.66. The summed E-state index contributed by atoms with van der Waals surface area (Å²) in [4.78, 5) is 26.8. The minimum atomic E-state index is -4.53. The molecule has 1 N–H and O–H groups in total. The van der Waals surface area contributed by atoms with Crippen molar-refractivity contribution in [1.82, 2.24) is 4.90 Å². The molecule has 0 aliphatic heterocycles. The Morgan fingerprint density at radius 2 is 1.58 bits per heavy atom. The second kappa shape index (κ2) is 12.2. The second-order valence-electron chi connectivity index (χ2n) is 8.09. The number of carbonyl (C=O) groups excluding carboxylic acids is 2. The van der Waals surface area contributed by atoms with Crippen molar-refractivity contribution in [2.75, 3.05) is 40.3 Å². The molecule has 0 heterocycles. The van der Waals surface area contributed by atoms with E-state index in [4.69, 9.17) is 18.9 Å². The molecule has 0 aromatic heterocycles. The van der Waals surface area contributed by atoms with Gasteiger partial charge >= 0.3 is 6.18 Å². The summed E-state index contributed by atoms with van der Waals surface area (Å²) in [5.74, 6) is 0.487. The minimum Gasteiger partial charge on any atom is -0.493 e. The second-order valence-corrected chi connectivity index (χ2v) is 8.09. The number of ether oxygens (including phenoxy) is 4. The van der Waals surface area contributed by atoms with E-state index in [9.17, 15) is 22.8 Å². The zero-order chi connectivity index (χ0) is 27.9. The van der Waals surface area contributed by atoms with Gasteiger partial charge in [-0.05, 0) is 42.5 Å². The molecule has 0 aliphatic rings. The maximum atomic E-state index is 13.1. The highest BCUT2D eigenvalue weighted by Crippen LogP contribution is 2.33. The molecule has 8 nitrogen and oxygen atoms in total. The van der Waals surface area contributed by atoms with E-state index in [2.05, 4.69) is 5.32 Å². The lowest BCUT2D eigenvalue weighted by atomic mass is 10.1. The number of methoxy groups -OCH3 is 3. The van der Waals surface area contributed by atoms with Crippen LogP contribution in [0.25, 0.3) is 0 Å². The molecule has 0 saturated heterocycles. The van der Waals surface area contributed by atoms with Crippen molar-refractivity contribution in [1.29, 1.82) is 0 Å². The van der Waals surface area contributed by atoms with E-state index < -0.39 is 24.3 Å². The number of nitrogens with one attached hydrogen (secondary N) is 1. The van der Waals surface area contributed by atoms with E-state index in [0.717, 1.165) is 17.7 Å². The highest BCUT2D eigenvalue weighted by molar-refractivity contribution is 5.95. The smallest absolute Gasteiger partial charge is 0.416 e. The zero-order valence-corrected chi connectivity index (χ0v) is 21.2. The average molecular weight is 533 g/mol. The fraction of sp³-hybridized carbons (Fsp3) is 0.259. The standard InChI is InChI=1S/C27H27F3N2O6/c1-32(15-18-7-5-10-22(35-2)25(18)37-4)26(34)17-11-12-21(23(13-17)36-3)38-16-24(33)31-20-9-6-8-19(14-20)27(28,29)30/h5-14H,15-16H2,1-4H3,(H,31,33). The molecule has 3 aromatic carbocycles. The maximum Gasteiger partial charge on any atom is 0.416 e. The molecule has 0 radical (unpaired) electrons. The van der Waals surface area contributed by atoms with Gasteiger partial charge in [-0.1, -0.05) is 18.2 Å². The number of nitrogens with zero attached hydrogens (tertiary/aromatic N) is 1. The predicted molar refractivity (Wildman–Crippen MR) is 134 cm³/mol. The van der Waals surface area contributed by atoms with Crippen LogP contribution in [0.1, 0.15) is 21.5 Å². The number of amides is 2. The fourth-order valence-electron chi connectivity index (χ4n) is 3.66. The number of benzene rings is 3. The molecule has 0 bridgehead atoms. The number of hydrogen-bond donors (Lipinski definition) is 1. The van der Waals surface area contributed by atoms with Gasteiger partial charge in [-0.15, -0.1) is 0 Å². The molecule has 0 aliphatic carbocycles.